The van der Waals surface area contributed by atoms with E-state index in [2.05, 4.69) is 20.4 Å². The van der Waals surface area contributed by atoms with Crippen LogP contribution < -0.4 is 5.32 Å². The highest BCUT2D eigenvalue weighted by Gasteiger charge is 2.32. The third kappa shape index (κ3) is 4.55. The second-order valence-corrected chi connectivity index (χ2v) is 9.35. The molecule has 4 rings (SSSR count). The number of rotatable bonds is 6. The van der Waals surface area contributed by atoms with E-state index in [1.165, 1.54) is 6.33 Å². The van der Waals surface area contributed by atoms with Gasteiger partial charge in [-0.25, -0.2) is 23.1 Å². The van der Waals surface area contributed by atoms with Crippen LogP contribution in [-0.2, 0) is 21.2 Å². The number of nitrogens with one attached hydrogen (secondary N) is 1. The zero-order chi connectivity index (χ0) is 21.0. The standard InChI is InChI=1S/C20H22N6O3S/c27-20(23-13-17-7-4-8-22-19(17)26-15-21-14-24-26)18(16-5-2-1-3-6-16)25-9-11-30(28,29)12-10-25/h1-8,14-15,18H,9-13H2,(H,23,27). The Balaban J connectivity index is 1.54. The van der Waals surface area contributed by atoms with Gasteiger partial charge in [-0.2, -0.15) is 5.10 Å². The Morgan fingerprint density at radius 3 is 2.57 bits per heavy atom. The van der Waals surface area contributed by atoms with Gasteiger partial charge in [-0.15, -0.1) is 0 Å². The molecule has 1 amide bonds. The summed E-state index contributed by atoms with van der Waals surface area (Å²) >= 11 is 0. The van der Waals surface area contributed by atoms with Crippen LogP contribution in [0.5, 0.6) is 0 Å². The highest BCUT2D eigenvalue weighted by molar-refractivity contribution is 7.91. The maximum absolute atomic E-state index is 13.2. The largest absolute Gasteiger partial charge is 0.350 e. The number of hydrogen-bond acceptors (Lipinski definition) is 7. The minimum Gasteiger partial charge on any atom is -0.350 e. The molecule has 30 heavy (non-hydrogen) atoms. The molecule has 1 N–H and O–H groups in total. The Labute approximate surface area is 174 Å². The van der Waals surface area contributed by atoms with Crippen molar-refractivity contribution in [2.45, 2.75) is 12.6 Å². The van der Waals surface area contributed by atoms with E-state index in [4.69, 9.17) is 0 Å². The maximum Gasteiger partial charge on any atom is 0.242 e. The van der Waals surface area contributed by atoms with Crippen molar-refractivity contribution in [1.29, 1.82) is 0 Å². The molecule has 1 unspecified atom stereocenters. The molecule has 1 atom stereocenters. The minimum atomic E-state index is -3.04. The van der Waals surface area contributed by atoms with Crippen molar-refractivity contribution in [1.82, 2.24) is 30.0 Å². The average Bonchev–Trinajstić information content (AvgIpc) is 3.29. The van der Waals surface area contributed by atoms with Crippen LogP contribution in [0.3, 0.4) is 0 Å². The lowest BCUT2D eigenvalue weighted by molar-refractivity contribution is -0.126. The molecule has 1 fully saturated rings. The number of hydrogen-bond donors (Lipinski definition) is 1. The van der Waals surface area contributed by atoms with Gasteiger partial charge in [-0.3, -0.25) is 9.69 Å². The van der Waals surface area contributed by atoms with E-state index < -0.39 is 15.9 Å². The molecule has 3 aromatic rings. The van der Waals surface area contributed by atoms with Crippen molar-refractivity contribution in [3.05, 3.63) is 72.4 Å². The number of carbonyl (C=O) groups excluding carboxylic acids is 1. The first kappa shape index (κ1) is 20.2. The molecule has 1 aliphatic rings. The molecule has 1 aromatic carbocycles. The van der Waals surface area contributed by atoms with Gasteiger partial charge >= 0.3 is 0 Å². The van der Waals surface area contributed by atoms with Gasteiger partial charge in [0.25, 0.3) is 0 Å². The summed E-state index contributed by atoms with van der Waals surface area (Å²) in [7, 11) is -3.04. The quantitative estimate of drug-likeness (QED) is 0.619. The Morgan fingerprint density at radius 1 is 1.10 bits per heavy atom. The SMILES string of the molecule is O=C(NCc1cccnc1-n1cncn1)C(c1ccccc1)N1CCS(=O)(=O)CC1. The summed E-state index contributed by atoms with van der Waals surface area (Å²) in [6.45, 7) is 0.913. The highest BCUT2D eigenvalue weighted by atomic mass is 32.2. The normalized spacial score (nSPS) is 17.3. The van der Waals surface area contributed by atoms with Crippen LogP contribution in [0.4, 0.5) is 0 Å². The number of nitrogens with zero attached hydrogens (tertiary/aromatic N) is 5. The van der Waals surface area contributed by atoms with Crippen LogP contribution in [-0.4, -0.2) is 63.6 Å². The Kier molecular flexibility index (Phi) is 5.86. The molecule has 3 heterocycles. The third-order valence-electron chi connectivity index (χ3n) is 5.06. The van der Waals surface area contributed by atoms with Crippen LogP contribution in [0.25, 0.3) is 5.82 Å². The number of sulfone groups is 1. The number of pyridine rings is 1. The molecule has 9 nitrogen and oxygen atoms in total. The molecule has 0 aliphatic carbocycles. The Morgan fingerprint density at radius 2 is 1.87 bits per heavy atom. The lowest BCUT2D eigenvalue weighted by Crippen LogP contribution is -2.47. The van der Waals surface area contributed by atoms with Gasteiger partial charge in [0, 0.05) is 31.4 Å². The smallest absolute Gasteiger partial charge is 0.242 e. The van der Waals surface area contributed by atoms with Crippen molar-refractivity contribution in [3.8, 4) is 5.82 Å². The predicted octanol–water partition coefficient (Wildman–Crippen LogP) is 0.750. The van der Waals surface area contributed by atoms with Crippen LogP contribution >= 0.6 is 0 Å². The second kappa shape index (κ2) is 8.72. The van der Waals surface area contributed by atoms with E-state index in [0.29, 0.717) is 18.9 Å². The average molecular weight is 427 g/mol. The lowest BCUT2D eigenvalue weighted by Gasteiger charge is -2.33. The second-order valence-electron chi connectivity index (χ2n) is 7.04. The summed E-state index contributed by atoms with van der Waals surface area (Å²) in [5, 5.41) is 7.10. The van der Waals surface area contributed by atoms with E-state index in [9.17, 15) is 13.2 Å². The van der Waals surface area contributed by atoms with Gasteiger partial charge in [0.05, 0.1) is 11.5 Å². The molecule has 156 valence electrons. The molecular formula is C20H22N6O3S. The predicted molar refractivity (Wildman–Crippen MR) is 110 cm³/mol. The lowest BCUT2D eigenvalue weighted by atomic mass is 10.0. The fourth-order valence-corrected chi connectivity index (χ4v) is 4.75. The van der Waals surface area contributed by atoms with Gasteiger partial charge < -0.3 is 5.32 Å². The maximum atomic E-state index is 13.2. The summed E-state index contributed by atoms with van der Waals surface area (Å²) in [4.78, 5) is 23.4. The monoisotopic (exact) mass is 426 g/mol. The van der Waals surface area contributed by atoms with E-state index in [0.717, 1.165) is 11.1 Å². The molecule has 2 aromatic heterocycles. The van der Waals surface area contributed by atoms with E-state index in [1.54, 1.807) is 23.3 Å². The highest BCUT2D eigenvalue weighted by Crippen LogP contribution is 2.23. The molecular weight excluding hydrogens is 404 g/mol. The molecule has 0 saturated carbocycles. The molecule has 0 spiro atoms. The summed E-state index contributed by atoms with van der Waals surface area (Å²) in [6, 6.07) is 12.5. The van der Waals surface area contributed by atoms with Crippen molar-refractivity contribution in [3.63, 3.8) is 0 Å². The summed E-state index contributed by atoms with van der Waals surface area (Å²) in [5.74, 6) is 0.523. The van der Waals surface area contributed by atoms with Crippen molar-refractivity contribution >= 4 is 15.7 Å². The van der Waals surface area contributed by atoms with Gasteiger partial charge in [-0.05, 0) is 11.6 Å². The van der Waals surface area contributed by atoms with Gasteiger partial charge in [0.1, 0.15) is 18.7 Å². The third-order valence-corrected chi connectivity index (χ3v) is 6.67. The summed E-state index contributed by atoms with van der Waals surface area (Å²) in [5.41, 5.74) is 1.63. The fraction of sp³-hybridized carbons (Fsp3) is 0.300. The molecule has 1 saturated heterocycles. The van der Waals surface area contributed by atoms with Crippen LogP contribution in [0.2, 0.25) is 0 Å². The topological polar surface area (TPSA) is 110 Å². The number of benzene rings is 1. The van der Waals surface area contributed by atoms with Crippen LogP contribution in [0.15, 0.2) is 61.3 Å². The number of carbonyl (C=O) groups is 1. The zero-order valence-corrected chi connectivity index (χ0v) is 17.1. The number of amides is 1. The van der Waals surface area contributed by atoms with Crippen molar-refractivity contribution < 1.29 is 13.2 Å². The Hall–Kier alpha value is -3.11. The Bertz CT molecular complexity index is 1090. The first-order valence-corrected chi connectivity index (χ1v) is 11.4. The van der Waals surface area contributed by atoms with E-state index in [-0.39, 0.29) is 24.0 Å². The zero-order valence-electron chi connectivity index (χ0n) is 16.3. The van der Waals surface area contributed by atoms with Crippen LogP contribution in [0.1, 0.15) is 17.2 Å². The minimum absolute atomic E-state index is 0.0582. The van der Waals surface area contributed by atoms with Gasteiger partial charge in [-0.1, -0.05) is 36.4 Å². The van der Waals surface area contributed by atoms with E-state index in [1.807, 2.05) is 41.3 Å². The van der Waals surface area contributed by atoms with Crippen LogP contribution in [0, 0.1) is 0 Å². The van der Waals surface area contributed by atoms with Gasteiger partial charge in [0.2, 0.25) is 5.91 Å². The molecule has 0 radical (unpaired) electrons. The molecule has 1 aliphatic heterocycles. The van der Waals surface area contributed by atoms with E-state index >= 15 is 0 Å². The first-order chi connectivity index (χ1) is 14.5. The first-order valence-electron chi connectivity index (χ1n) is 9.59. The molecule has 0 bridgehead atoms. The van der Waals surface area contributed by atoms with Gasteiger partial charge in [0.15, 0.2) is 15.7 Å². The summed E-state index contributed by atoms with van der Waals surface area (Å²) < 4.78 is 25.2. The van der Waals surface area contributed by atoms with Crippen molar-refractivity contribution in [2.24, 2.45) is 0 Å². The van der Waals surface area contributed by atoms with Crippen molar-refractivity contribution in [2.75, 3.05) is 24.6 Å². The fourth-order valence-electron chi connectivity index (χ4n) is 3.52. The summed E-state index contributed by atoms with van der Waals surface area (Å²) in [6.07, 6.45) is 4.63. The number of aromatic nitrogens is 4. The molecule has 10 heteroatoms.